The van der Waals surface area contributed by atoms with Gasteiger partial charge in [0, 0.05) is 30.8 Å². The maximum Gasteiger partial charge on any atom is 0.139 e. The van der Waals surface area contributed by atoms with Crippen molar-refractivity contribution >= 4 is 5.57 Å². The Hall–Kier alpha value is -2.28. The molecule has 4 nitrogen and oxygen atoms in total. The molecule has 0 N–H and O–H groups in total. The average molecular weight is 268 g/mol. The largest absolute Gasteiger partial charge is 0.350 e. The van der Waals surface area contributed by atoms with Crippen LogP contribution in [0.1, 0.15) is 31.1 Å². The predicted molar refractivity (Wildman–Crippen MR) is 80.4 cm³/mol. The van der Waals surface area contributed by atoms with Crippen molar-refractivity contribution in [3.8, 4) is 11.8 Å². The number of imidazole rings is 1. The van der Waals surface area contributed by atoms with Gasteiger partial charge in [0.15, 0.2) is 0 Å². The van der Waals surface area contributed by atoms with Crippen molar-refractivity contribution in [2.24, 2.45) is 13.0 Å². The fraction of sp³-hybridized carbons (Fsp3) is 0.375. The third kappa shape index (κ3) is 2.39. The van der Waals surface area contributed by atoms with Crippen molar-refractivity contribution in [1.82, 2.24) is 14.1 Å². The summed E-state index contributed by atoms with van der Waals surface area (Å²) in [7, 11) is 2.06. The van der Waals surface area contributed by atoms with E-state index in [4.69, 9.17) is 5.26 Å². The second-order valence-electron chi connectivity index (χ2n) is 5.20. The zero-order valence-corrected chi connectivity index (χ0v) is 12.7. The first-order valence-corrected chi connectivity index (χ1v) is 6.70. The summed E-state index contributed by atoms with van der Waals surface area (Å²) in [4.78, 5) is 4.44. The summed E-state index contributed by atoms with van der Waals surface area (Å²) in [5.74, 6) is 0.777. The number of aryl methyl sites for hydroxylation is 1. The van der Waals surface area contributed by atoms with Gasteiger partial charge in [-0.2, -0.15) is 5.26 Å². The molecular formula is C16H20N4. The van der Waals surface area contributed by atoms with E-state index in [1.807, 2.05) is 26.1 Å². The highest BCUT2D eigenvalue weighted by atomic mass is 15.1. The van der Waals surface area contributed by atoms with Crippen LogP contribution in [0, 0.1) is 31.1 Å². The van der Waals surface area contributed by atoms with Crippen molar-refractivity contribution < 1.29 is 0 Å². The lowest BCUT2D eigenvalue weighted by molar-refractivity contribution is 0.835. The van der Waals surface area contributed by atoms with Crippen molar-refractivity contribution in [2.45, 2.75) is 27.7 Å². The van der Waals surface area contributed by atoms with Gasteiger partial charge in [0.05, 0.1) is 17.7 Å². The van der Waals surface area contributed by atoms with Gasteiger partial charge in [-0.1, -0.05) is 6.08 Å². The van der Waals surface area contributed by atoms with Gasteiger partial charge >= 0.3 is 0 Å². The number of aromatic nitrogens is 3. The fourth-order valence-electron chi connectivity index (χ4n) is 2.36. The summed E-state index contributed by atoms with van der Waals surface area (Å²) in [5.41, 5.74) is 4.56. The first-order chi connectivity index (χ1) is 9.45. The smallest absolute Gasteiger partial charge is 0.139 e. The van der Waals surface area contributed by atoms with Gasteiger partial charge < -0.3 is 4.57 Å². The molecule has 20 heavy (non-hydrogen) atoms. The SMILES string of the molecule is C/C(=C\C(C)C#N)c1nccn1-c1cc(C)n(C)c1C. The molecule has 0 saturated heterocycles. The van der Waals surface area contributed by atoms with Crippen LogP contribution >= 0.6 is 0 Å². The Balaban J connectivity index is 2.51. The highest BCUT2D eigenvalue weighted by Gasteiger charge is 2.13. The number of nitrogens with zero attached hydrogens (tertiary/aromatic N) is 4. The normalized spacial score (nSPS) is 13.3. The monoisotopic (exact) mass is 268 g/mol. The molecule has 2 aromatic rings. The van der Waals surface area contributed by atoms with Crippen LogP contribution in [0.4, 0.5) is 0 Å². The van der Waals surface area contributed by atoms with Crippen LogP contribution in [-0.4, -0.2) is 14.1 Å². The summed E-state index contributed by atoms with van der Waals surface area (Å²) in [6, 6.07) is 4.38. The van der Waals surface area contributed by atoms with Crippen LogP contribution in [-0.2, 0) is 7.05 Å². The quantitative estimate of drug-likeness (QED) is 0.856. The predicted octanol–water partition coefficient (Wildman–Crippen LogP) is 3.39. The lowest BCUT2D eigenvalue weighted by atomic mass is 10.1. The first-order valence-electron chi connectivity index (χ1n) is 6.70. The van der Waals surface area contributed by atoms with E-state index in [1.165, 1.54) is 11.4 Å². The van der Waals surface area contributed by atoms with Crippen molar-refractivity contribution in [2.75, 3.05) is 0 Å². The van der Waals surface area contributed by atoms with E-state index in [0.29, 0.717) is 0 Å². The molecule has 0 fully saturated rings. The fourth-order valence-corrected chi connectivity index (χ4v) is 2.36. The van der Waals surface area contributed by atoms with Crippen molar-refractivity contribution in [3.05, 3.63) is 41.7 Å². The summed E-state index contributed by atoms with van der Waals surface area (Å²) in [5, 5.41) is 8.93. The van der Waals surface area contributed by atoms with E-state index < -0.39 is 0 Å². The standard InChI is InChI=1S/C16H20N4/c1-11(10-17)8-12(2)16-18-6-7-20(16)15-9-13(3)19(5)14(15)4/h6-9,11H,1-5H3/b12-8+. The molecule has 0 aliphatic carbocycles. The Kier molecular flexibility index (Phi) is 3.80. The summed E-state index contributed by atoms with van der Waals surface area (Å²) < 4.78 is 4.24. The van der Waals surface area contributed by atoms with Gasteiger partial charge in [-0.05, 0) is 39.3 Å². The second-order valence-corrected chi connectivity index (χ2v) is 5.20. The van der Waals surface area contributed by atoms with Crippen LogP contribution < -0.4 is 0 Å². The second kappa shape index (κ2) is 5.38. The van der Waals surface area contributed by atoms with Crippen LogP contribution in [0.25, 0.3) is 11.3 Å². The van der Waals surface area contributed by atoms with E-state index in [2.05, 4.69) is 47.1 Å². The molecule has 0 saturated carbocycles. The van der Waals surface area contributed by atoms with Crippen LogP contribution in [0.5, 0.6) is 0 Å². The molecule has 1 atom stereocenters. The van der Waals surface area contributed by atoms with Gasteiger partial charge in [-0.3, -0.25) is 4.57 Å². The van der Waals surface area contributed by atoms with Crippen molar-refractivity contribution in [1.29, 1.82) is 5.26 Å². The third-order valence-electron chi connectivity index (χ3n) is 3.71. The topological polar surface area (TPSA) is 46.5 Å². The Labute approximate surface area is 120 Å². The molecule has 2 heterocycles. The number of hydrogen-bond donors (Lipinski definition) is 0. The minimum atomic E-state index is -0.112. The number of rotatable bonds is 3. The molecule has 0 radical (unpaired) electrons. The van der Waals surface area contributed by atoms with Crippen LogP contribution in [0.3, 0.4) is 0 Å². The highest BCUT2D eigenvalue weighted by molar-refractivity contribution is 5.61. The zero-order chi connectivity index (χ0) is 14.9. The lowest BCUT2D eigenvalue weighted by Gasteiger charge is -2.09. The first kappa shape index (κ1) is 14.1. The Bertz CT molecular complexity index is 695. The molecule has 0 bridgehead atoms. The van der Waals surface area contributed by atoms with Gasteiger partial charge in [-0.15, -0.1) is 0 Å². The molecule has 104 valence electrons. The van der Waals surface area contributed by atoms with E-state index in [0.717, 1.165) is 17.1 Å². The molecule has 0 aromatic carbocycles. The van der Waals surface area contributed by atoms with E-state index in [9.17, 15) is 0 Å². The van der Waals surface area contributed by atoms with Crippen molar-refractivity contribution in [3.63, 3.8) is 0 Å². The Morgan fingerprint density at radius 1 is 1.45 bits per heavy atom. The minimum Gasteiger partial charge on any atom is -0.350 e. The highest BCUT2D eigenvalue weighted by Crippen LogP contribution is 2.23. The average Bonchev–Trinajstić information content (AvgIpc) is 2.99. The van der Waals surface area contributed by atoms with E-state index in [-0.39, 0.29) is 5.92 Å². The number of allylic oxidation sites excluding steroid dienone is 2. The molecule has 2 rings (SSSR count). The molecule has 4 heteroatoms. The molecule has 0 spiro atoms. The summed E-state index contributed by atoms with van der Waals surface area (Å²) >= 11 is 0. The van der Waals surface area contributed by atoms with E-state index >= 15 is 0 Å². The maximum absolute atomic E-state index is 8.93. The van der Waals surface area contributed by atoms with Crippen LogP contribution in [0.15, 0.2) is 24.5 Å². The third-order valence-corrected chi connectivity index (χ3v) is 3.71. The lowest BCUT2D eigenvalue weighted by Crippen LogP contribution is -2.01. The molecule has 0 aliphatic rings. The minimum absolute atomic E-state index is 0.112. The van der Waals surface area contributed by atoms with Crippen LogP contribution in [0.2, 0.25) is 0 Å². The molecule has 0 aliphatic heterocycles. The van der Waals surface area contributed by atoms with Gasteiger partial charge in [0.1, 0.15) is 5.82 Å². The Morgan fingerprint density at radius 2 is 2.15 bits per heavy atom. The van der Waals surface area contributed by atoms with Gasteiger partial charge in [0.25, 0.3) is 0 Å². The molecule has 2 aromatic heterocycles. The van der Waals surface area contributed by atoms with Gasteiger partial charge in [0.2, 0.25) is 0 Å². The molecular weight excluding hydrogens is 248 g/mol. The zero-order valence-electron chi connectivity index (χ0n) is 12.7. The maximum atomic E-state index is 8.93. The molecule has 0 amide bonds. The Morgan fingerprint density at radius 3 is 2.70 bits per heavy atom. The summed E-state index contributed by atoms with van der Waals surface area (Å²) in [6.07, 6.45) is 5.71. The number of nitriles is 1. The molecule has 1 unspecified atom stereocenters. The van der Waals surface area contributed by atoms with Gasteiger partial charge in [-0.25, -0.2) is 4.98 Å². The number of hydrogen-bond acceptors (Lipinski definition) is 2. The summed E-state index contributed by atoms with van der Waals surface area (Å²) in [6.45, 7) is 8.07. The van der Waals surface area contributed by atoms with E-state index in [1.54, 1.807) is 6.20 Å².